The first kappa shape index (κ1) is 10.4. The van der Waals surface area contributed by atoms with Gasteiger partial charge in [-0.2, -0.15) is 0 Å². The van der Waals surface area contributed by atoms with Crippen LogP contribution in [0.3, 0.4) is 0 Å². The lowest BCUT2D eigenvalue weighted by atomic mass is 10.4. The van der Waals surface area contributed by atoms with Crippen molar-refractivity contribution in [1.29, 1.82) is 0 Å². The molecule has 1 aliphatic rings. The third-order valence-corrected chi connectivity index (χ3v) is 4.30. The van der Waals surface area contributed by atoms with E-state index in [1.165, 1.54) is 0 Å². The molecule has 0 aromatic heterocycles. The molecule has 1 saturated heterocycles. The van der Waals surface area contributed by atoms with Crippen LogP contribution < -0.4 is 0 Å². The van der Waals surface area contributed by atoms with E-state index in [0.717, 1.165) is 4.90 Å². The molecule has 2 rings (SSSR count). The van der Waals surface area contributed by atoms with E-state index < -0.39 is 10.8 Å². The van der Waals surface area contributed by atoms with Gasteiger partial charge >= 0.3 is 0 Å². The van der Waals surface area contributed by atoms with Crippen molar-refractivity contribution in [2.24, 2.45) is 0 Å². The largest absolute Gasteiger partial charge is 0.345 e. The zero-order valence-electron chi connectivity index (χ0n) is 8.55. The van der Waals surface area contributed by atoms with Gasteiger partial charge in [0.2, 0.25) is 5.91 Å². The normalized spacial score (nSPS) is 23.1. The molecule has 0 saturated carbocycles. The molecule has 0 N–H and O–H groups in total. The second kappa shape index (κ2) is 4.14. The number of carbonyl (C=O) groups excluding carboxylic acids is 1. The van der Waals surface area contributed by atoms with Gasteiger partial charge in [0.15, 0.2) is 0 Å². The third-order valence-electron chi connectivity index (χ3n) is 2.61. The van der Waals surface area contributed by atoms with Crippen molar-refractivity contribution >= 4 is 16.7 Å². The number of hydrogen-bond acceptors (Lipinski definition) is 2. The Labute approximate surface area is 91.5 Å². The molecule has 0 spiro atoms. The summed E-state index contributed by atoms with van der Waals surface area (Å²) in [6.07, 6.45) is 0.691. The van der Waals surface area contributed by atoms with Gasteiger partial charge in [0, 0.05) is 18.5 Å². The first-order valence-corrected chi connectivity index (χ1v) is 6.12. The quantitative estimate of drug-likeness (QED) is 0.751. The van der Waals surface area contributed by atoms with E-state index in [2.05, 4.69) is 0 Å². The van der Waals surface area contributed by atoms with E-state index in [1.807, 2.05) is 30.3 Å². The van der Waals surface area contributed by atoms with E-state index >= 15 is 0 Å². The van der Waals surface area contributed by atoms with Gasteiger partial charge in [-0.15, -0.1) is 0 Å². The Morgan fingerprint density at radius 3 is 2.53 bits per heavy atom. The predicted octanol–water partition coefficient (Wildman–Crippen LogP) is 1.02. The highest BCUT2D eigenvalue weighted by molar-refractivity contribution is 7.86. The zero-order chi connectivity index (χ0) is 10.8. The first-order valence-electron chi connectivity index (χ1n) is 4.91. The molecule has 1 aromatic carbocycles. The molecule has 1 amide bonds. The number of nitrogens with zero attached hydrogens (tertiary/aromatic N) is 1. The highest BCUT2D eigenvalue weighted by Gasteiger charge is 2.34. The van der Waals surface area contributed by atoms with Gasteiger partial charge in [0.25, 0.3) is 0 Å². The van der Waals surface area contributed by atoms with Gasteiger partial charge in [-0.05, 0) is 18.6 Å². The Hall–Kier alpha value is -1.16. The smallest absolute Gasteiger partial charge is 0.238 e. The van der Waals surface area contributed by atoms with Crippen LogP contribution in [-0.4, -0.2) is 33.9 Å². The Kier molecular flexibility index (Phi) is 2.86. The van der Waals surface area contributed by atoms with E-state index in [9.17, 15) is 9.00 Å². The summed E-state index contributed by atoms with van der Waals surface area (Å²) in [4.78, 5) is 14.0. The SMILES string of the molecule is CN1CCC(S(=O)c2ccccc2)C1=O. The highest BCUT2D eigenvalue weighted by atomic mass is 32.2. The summed E-state index contributed by atoms with van der Waals surface area (Å²) in [5, 5.41) is -0.350. The van der Waals surface area contributed by atoms with Crippen LogP contribution in [0.15, 0.2) is 35.2 Å². The van der Waals surface area contributed by atoms with Crippen LogP contribution in [0.25, 0.3) is 0 Å². The molecule has 2 atom stereocenters. The summed E-state index contributed by atoms with van der Waals surface area (Å²) < 4.78 is 12.1. The molecule has 2 unspecified atom stereocenters. The van der Waals surface area contributed by atoms with Gasteiger partial charge in [0.1, 0.15) is 5.25 Å². The van der Waals surface area contributed by atoms with E-state index in [0.29, 0.717) is 13.0 Å². The van der Waals surface area contributed by atoms with Crippen LogP contribution in [0.4, 0.5) is 0 Å². The molecule has 1 fully saturated rings. The van der Waals surface area contributed by atoms with Crippen LogP contribution in [0.1, 0.15) is 6.42 Å². The topological polar surface area (TPSA) is 37.4 Å². The average molecular weight is 223 g/mol. The summed E-state index contributed by atoms with van der Waals surface area (Å²) in [5.74, 6) is -0.00261. The summed E-state index contributed by atoms with van der Waals surface area (Å²) in [5.41, 5.74) is 0. The van der Waals surface area contributed by atoms with Crippen molar-refractivity contribution in [2.45, 2.75) is 16.6 Å². The van der Waals surface area contributed by atoms with Gasteiger partial charge in [-0.1, -0.05) is 18.2 Å². The van der Waals surface area contributed by atoms with Crippen LogP contribution in [0.2, 0.25) is 0 Å². The number of likely N-dealkylation sites (tertiary alicyclic amines) is 1. The molecule has 80 valence electrons. The molecule has 0 bridgehead atoms. The fraction of sp³-hybridized carbons (Fsp3) is 0.364. The Balaban J connectivity index is 2.20. The molecule has 15 heavy (non-hydrogen) atoms. The summed E-state index contributed by atoms with van der Waals surface area (Å²) in [6, 6.07) is 9.18. The lowest BCUT2D eigenvalue weighted by Crippen LogP contribution is -2.28. The molecule has 0 aliphatic carbocycles. The third kappa shape index (κ3) is 1.95. The fourth-order valence-corrected chi connectivity index (χ4v) is 3.14. The minimum absolute atomic E-state index is 0.00261. The Morgan fingerprint density at radius 1 is 1.33 bits per heavy atom. The monoisotopic (exact) mass is 223 g/mol. The standard InChI is InChI=1S/C11H13NO2S/c1-12-8-7-10(11(12)13)15(14)9-5-3-2-4-6-9/h2-6,10H,7-8H2,1H3. The second-order valence-electron chi connectivity index (χ2n) is 3.65. The van der Waals surface area contributed by atoms with Crippen molar-refractivity contribution < 1.29 is 9.00 Å². The van der Waals surface area contributed by atoms with Crippen molar-refractivity contribution in [2.75, 3.05) is 13.6 Å². The number of rotatable bonds is 2. The highest BCUT2D eigenvalue weighted by Crippen LogP contribution is 2.20. The van der Waals surface area contributed by atoms with Crippen LogP contribution in [0.5, 0.6) is 0 Å². The van der Waals surface area contributed by atoms with Crippen LogP contribution in [0, 0.1) is 0 Å². The maximum absolute atomic E-state index is 12.1. The summed E-state index contributed by atoms with van der Waals surface area (Å²) in [6.45, 7) is 0.710. The maximum Gasteiger partial charge on any atom is 0.238 e. The second-order valence-corrected chi connectivity index (χ2v) is 5.28. The van der Waals surface area contributed by atoms with Crippen molar-refractivity contribution in [1.82, 2.24) is 4.90 Å². The summed E-state index contributed by atoms with van der Waals surface area (Å²) in [7, 11) is 0.554. The van der Waals surface area contributed by atoms with Gasteiger partial charge in [-0.3, -0.25) is 9.00 Å². The molecule has 1 aliphatic heterocycles. The molecular formula is C11H13NO2S. The minimum atomic E-state index is -1.20. The molecule has 3 nitrogen and oxygen atoms in total. The molecule has 1 aromatic rings. The van der Waals surface area contributed by atoms with E-state index in [1.54, 1.807) is 11.9 Å². The molecule has 0 radical (unpaired) electrons. The van der Waals surface area contributed by atoms with Crippen molar-refractivity contribution in [3.8, 4) is 0 Å². The van der Waals surface area contributed by atoms with Crippen LogP contribution >= 0.6 is 0 Å². The fourth-order valence-electron chi connectivity index (χ4n) is 1.71. The van der Waals surface area contributed by atoms with Gasteiger partial charge < -0.3 is 4.90 Å². The first-order chi connectivity index (χ1) is 7.20. The van der Waals surface area contributed by atoms with Crippen molar-refractivity contribution in [3.05, 3.63) is 30.3 Å². The van der Waals surface area contributed by atoms with E-state index in [-0.39, 0.29) is 11.2 Å². The minimum Gasteiger partial charge on any atom is -0.345 e. The van der Waals surface area contributed by atoms with Crippen molar-refractivity contribution in [3.63, 3.8) is 0 Å². The summed E-state index contributed by atoms with van der Waals surface area (Å²) >= 11 is 0. The molecule has 4 heteroatoms. The average Bonchev–Trinajstić information content (AvgIpc) is 2.60. The predicted molar refractivity (Wildman–Crippen MR) is 58.9 cm³/mol. The molecule has 1 heterocycles. The zero-order valence-corrected chi connectivity index (χ0v) is 9.37. The lowest BCUT2D eigenvalue weighted by molar-refractivity contribution is -0.126. The van der Waals surface area contributed by atoms with E-state index in [4.69, 9.17) is 0 Å². The van der Waals surface area contributed by atoms with Crippen LogP contribution in [-0.2, 0) is 15.6 Å². The number of benzene rings is 1. The maximum atomic E-state index is 12.1. The van der Waals surface area contributed by atoms with Gasteiger partial charge in [0.05, 0.1) is 10.8 Å². The molecular weight excluding hydrogens is 210 g/mol. The number of carbonyl (C=O) groups is 1. The lowest BCUT2D eigenvalue weighted by Gasteiger charge is -2.09. The Bertz CT molecular complexity index is 391. The number of hydrogen-bond donors (Lipinski definition) is 0. The van der Waals surface area contributed by atoms with Gasteiger partial charge in [-0.25, -0.2) is 0 Å². The Morgan fingerprint density at radius 2 is 2.00 bits per heavy atom. The number of amides is 1.